The molecule has 0 aromatic heterocycles. The zero-order valence-electron chi connectivity index (χ0n) is 10.4. The van der Waals surface area contributed by atoms with Gasteiger partial charge in [-0.2, -0.15) is 0 Å². The molecular weight excluding hydrogens is 220 g/mol. The first-order valence-electron chi connectivity index (χ1n) is 6.55. The molecule has 0 aromatic rings. The van der Waals surface area contributed by atoms with E-state index in [9.17, 15) is 4.79 Å². The number of ether oxygens (including phenoxy) is 1. The van der Waals surface area contributed by atoms with Crippen molar-refractivity contribution >= 4 is 6.09 Å². The SMILES string of the molecule is CCCCOC(=O)NN1C[C@@H]2C(CCO)[C@@H]2C1. The lowest BCUT2D eigenvalue weighted by Gasteiger charge is -2.19. The van der Waals surface area contributed by atoms with E-state index in [0.717, 1.165) is 32.4 Å². The third-order valence-corrected chi connectivity index (χ3v) is 3.81. The van der Waals surface area contributed by atoms with Crippen molar-refractivity contribution in [2.45, 2.75) is 26.2 Å². The lowest BCUT2D eigenvalue weighted by atomic mass is 10.2. The van der Waals surface area contributed by atoms with Gasteiger partial charge in [0, 0.05) is 19.7 Å². The molecule has 1 saturated heterocycles. The van der Waals surface area contributed by atoms with Crippen molar-refractivity contribution in [3.05, 3.63) is 0 Å². The van der Waals surface area contributed by atoms with Crippen molar-refractivity contribution in [2.75, 3.05) is 26.3 Å². The second-order valence-electron chi connectivity index (χ2n) is 5.01. The van der Waals surface area contributed by atoms with Crippen LogP contribution in [0, 0.1) is 17.8 Å². The zero-order chi connectivity index (χ0) is 12.3. The summed E-state index contributed by atoms with van der Waals surface area (Å²) < 4.78 is 5.04. The fraction of sp³-hybridized carbons (Fsp3) is 0.917. The summed E-state index contributed by atoms with van der Waals surface area (Å²) in [4.78, 5) is 11.4. The highest BCUT2D eigenvalue weighted by Gasteiger charge is 2.55. The van der Waals surface area contributed by atoms with Crippen molar-refractivity contribution in [3.63, 3.8) is 0 Å². The minimum atomic E-state index is -0.335. The fourth-order valence-corrected chi connectivity index (χ4v) is 2.79. The number of carbonyl (C=O) groups excluding carboxylic acids is 1. The minimum absolute atomic E-state index is 0.282. The van der Waals surface area contributed by atoms with E-state index >= 15 is 0 Å². The third kappa shape index (κ3) is 3.10. The molecule has 2 fully saturated rings. The Balaban J connectivity index is 1.59. The number of aliphatic hydroxyl groups excluding tert-OH is 1. The number of nitrogens with zero attached hydrogens (tertiary/aromatic N) is 1. The van der Waals surface area contributed by atoms with E-state index in [-0.39, 0.29) is 12.7 Å². The molecule has 5 heteroatoms. The molecule has 98 valence electrons. The number of piperidine rings is 1. The lowest BCUT2D eigenvalue weighted by molar-refractivity contribution is 0.106. The number of hydrazine groups is 1. The lowest BCUT2D eigenvalue weighted by Crippen LogP contribution is -2.42. The Kier molecular flexibility index (Phi) is 4.23. The Hall–Kier alpha value is -0.810. The number of amides is 1. The summed E-state index contributed by atoms with van der Waals surface area (Å²) in [7, 11) is 0. The second kappa shape index (κ2) is 5.69. The monoisotopic (exact) mass is 242 g/mol. The molecule has 1 saturated carbocycles. The molecule has 1 aliphatic carbocycles. The second-order valence-corrected chi connectivity index (χ2v) is 5.01. The average molecular weight is 242 g/mol. The Bertz CT molecular complexity index is 260. The van der Waals surface area contributed by atoms with Crippen LogP contribution in [0.2, 0.25) is 0 Å². The van der Waals surface area contributed by atoms with E-state index in [0.29, 0.717) is 24.4 Å². The predicted octanol–water partition coefficient (Wildman–Crippen LogP) is 0.988. The molecule has 1 aliphatic heterocycles. The molecule has 1 heterocycles. The standard InChI is InChI=1S/C12H22N2O3/c1-2-3-6-17-12(16)13-14-7-10-9(4-5-15)11(10)8-14/h9-11,15H,2-8H2,1H3,(H,13,16)/t9?,10-,11+. The molecule has 0 bridgehead atoms. The zero-order valence-corrected chi connectivity index (χ0v) is 10.4. The first kappa shape index (κ1) is 12.6. The minimum Gasteiger partial charge on any atom is -0.449 e. The van der Waals surface area contributed by atoms with Crippen LogP contribution in [0.25, 0.3) is 0 Å². The third-order valence-electron chi connectivity index (χ3n) is 3.81. The highest BCUT2D eigenvalue weighted by atomic mass is 16.6. The number of hydrogen-bond acceptors (Lipinski definition) is 4. The molecule has 0 spiro atoms. The Morgan fingerprint density at radius 1 is 1.47 bits per heavy atom. The summed E-state index contributed by atoms with van der Waals surface area (Å²) in [5, 5.41) is 10.8. The molecule has 3 atom stereocenters. The van der Waals surface area contributed by atoms with Crippen LogP contribution >= 0.6 is 0 Å². The van der Waals surface area contributed by atoms with Gasteiger partial charge in [-0.15, -0.1) is 0 Å². The summed E-state index contributed by atoms with van der Waals surface area (Å²) in [5.41, 5.74) is 2.77. The largest absolute Gasteiger partial charge is 0.449 e. The van der Waals surface area contributed by atoms with Crippen LogP contribution in [0.4, 0.5) is 4.79 Å². The van der Waals surface area contributed by atoms with Crippen molar-refractivity contribution in [1.29, 1.82) is 0 Å². The van der Waals surface area contributed by atoms with Crippen LogP contribution in [0.5, 0.6) is 0 Å². The average Bonchev–Trinajstić information content (AvgIpc) is 2.75. The van der Waals surface area contributed by atoms with Gasteiger partial charge in [-0.25, -0.2) is 9.80 Å². The summed E-state index contributed by atoms with van der Waals surface area (Å²) in [6, 6.07) is 0. The summed E-state index contributed by atoms with van der Waals surface area (Å²) in [5.74, 6) is 2.00. The van der Waals surface area contributed by atoms with Crippen LogP contribution in [-0.2, 0) is 4.74 Å². The number of fused-ring (bicyclic) bond motifs is 1. The number of nitrogens with one attached hydrogen (secondary N) is 1. The Morgan fingerprint density at radius 2 is 2.18 bits per heavy atom. The van der Waals surface area contributed by atoms with Gasteiger partial charge in [0.25, 0.3) is 0 Å². The molecule has 17 heavy (non-hydrogen) atoms. The summed E-state index contributed by atoms with van der Waals surface area (Å²) in [6.45, 7) is 4.65. The highest BCUT2D eigenvalue weighted by Crippen LogP contribution is 2.52. The molecule has 0 aromatic carbocycles. The van der Waals surface area contributed by atoms with Crippen molar-refractivity contribution < 1.29 is 14.6 Å². The first-order chi connectivity index (χ1) is 8.26. The molecule has 2 N–H and O–H groups in total. The van der Waals surface area contributed by atoms with Gasteiger partial charge in [0.2, 0.25) is 0 Å². The topological polar surface area (TPSA) is 61.8 Å². The van der Waals surface area contributed by atoms with E-state index in [1.165, 1.54) is 0 Å². The van der Waals surface area contributed by atoms with Gasteiger partial charge in [-0.1, -0.05) is 13.3 Å². The predicted molar refractivity (Wildman–Crippen MR) is 63.1 cm³/mol. The van der Waals surface area contributed by atoms with Crippen LogP contribution in [0.1, 0.15) is 26.2 Å². The van der Waals surface area contributed by atoms with Gasteiger partial charge < -0.3 is 9.84 Å². The molecule has 5 nitrogen and oxygen atoms in total. The molecule has 0 radical (unpaired) electrons. The number of carbonyl (C=O) groups is 1. The van der Waals surface area contributed by atoms with Crippen LogP contribution < -0.4 is 5.43 Å². The van der Waals surface area contributed by atoms with Gasteiger partial charge in [0.15, 0.2) is 0 Å². The fourth-order valence-electron chi connectivity index (χ4n) is 2.79. The highest BCUT2D eigenvalue weighted by molar-refractivity contribution is 5.66. The van der Waals surface area contributed by atoms with Crippen molar-refractivity contribution in [3.8, 4) is 0 Å². The molecular formula is C12H22N2O3. The van der Waals surface area contributed by atoms with E-state index < -0.39 is 0 Å². The molecule has 1 unspecified atom stereocenters. The van der Waals surface area contributed by atoms with Crippen molar-refractivity contribution in [2.24, 2.45) is 17.8 Å². The van der Waals surface area contributed by atoms with Gasteiger partial charge in [0.1, 0.15) is 0 Å². The number of unbranched alkanes of at least 4 members (excludes halogenated alkanes) is 1. The summed E-state index contributed by atoms with van der Waals surface area (Å²) >= 11 is 0. The maximum Gasteiger partial charge on any atom is 0.421 e. The quantitative estimate of drug-likeness (QED) is 0.682. The number of aliphatic hydroxyl groups is 1. The maximum absolute atomic E-state index is 11.4. The van der Waals surface area contributed by atoms with Crippen molar-refractivity contribution in [1.82, 2.24) is 10.4 Å². The van der Waals surface area contributed by atoms with Crippen LogP contribution in [0.15, 0.2) is 0 Å². The normalized spacial score (nSPS) is 31.1. The van der Waals surface area contributed by atoms with Gasteiger partial charge in [0.05, 0.1) is 6.61 Å². The van der Waals surface area contributed by atoms with Crippen LogP contribution in [-0.4, -0.2) is 42.5 Å². The molecule has 2 rings (SSSR count). The molecule has 2 aliphatic rings. The summed E-state index contributed by atoms with van der Waals surface area (Å²) in [6.07, 6.45) is 2.52. The van der Waals surface area contributed by atoms with E-state index in [2.05, 4.69) is 12.3 Å². The number of rotatable bonds is 6. The van der Waals surface area contributed by atoms with Crippen LogP contribution in [0.3, 0.4) is 0 Å². The van der Waals surface area contributed by atoms with Gasteiger partial charge in [-0.3, -0.25) is 5.43 Å². The Morgan fingerprint density at radius 3 is 2.76 bits per heavy atom. The van der Waals surface area contributed by atoms with E-state index in [4.69, 9.17) is 9.84 Å². The van der Waals surface area contributed by atoms with E-state index in [1.54, 1.807) is 0 Å². The van der Waals surface area contributed by atoms with E-state index in [1.807, 2.05) is 5.01 Å². The first-order valence-corrected chi connectivity index (χ1v) is 6.55. The van der Waals surface area contributed by atoms with Gasteiger partial charge >= 0.3 is 6.09 Å². The maximum atomic E-state index is 11.4. The smallest absolute Gasteiger partial charge is 0.421 e. The van der Waals surface area contributed by atoms with Gasteiger partial charge in [-0.05, 0) is 30.6 Å². The Labute approximate surface area is 102 Å². The number of hydrogen-bond donors (Lipinski definition) is 2. The molecule has 1 amide bonds.